The van der Waals surface area contributed by atoms with Gasteiger partial charge in [0.15, 0.2) is 0 Å². The first-order valence-electron chi connectivity index (χ1n) is 5.93. The van der Waals surface area contributed by atoms with Crippen LogP contribution in [0, 0.1) is 17.6 Å². The largest absolute Gasteiger partial charge is 0.481 e. The van der Waals surface area contributed by atoms with Crippen molar-refractivity contribution in [1.29, 1.82) is 0 Å². The molecule has 19 heavy (non-hydrogen) atoms. The highest BCUT2D eigenvalue weighted by molar-refractivity contribution is 5.83. The Morgan fingerprint density at radius 3 is 2.79 bits per heavy atom. The van der Waals surface area contributed by atoms with Crippen LogP contribution in [0.1, 0.15) is 24.3 Å². The molecule has 1 fully saturated rings. The van der Waals surface area contributed by atoms with Gasteiger partial charge in [-0.15, -0.1) is 0 Å². The van der Waals surface area contributed by atoms with Crippen LogP contribution in [-0.2, 0) is 9.59 Å². The number of hydrogen-bond acceptors (Lipinski definition) is 2. The molecule has 102 valence electrons. The fourth-order valence-corrected chi connectivity index (χ4v) is 2.05. The number of benzene rings is 1. The minimum atomic E-state index is -0.996. The predicted molar refractivity (Wildman–Crippen MR) is 62.5 cm³/mol. The monoisotopic (exact) mass is 269 g/mol. The van der Waals surface area contributed by atoms with Gasteiger partial charge >= 0.3 is 5.97 Å². The highest BCUT2D eigenvalue weighted by atomic mass is 19.1. The molecular formula is C13H13F2NO3. The second-order valence-corrected chi connectivity index (χ2v) is 4.55. The van der Waals surface area contributed by atoms with E-state index in [9.17, 15) is 18.4 Å². The van der Waals surface area contributed by atoms with E-state index in [1.54, 1.807) is 0 Å². The summed E-state index contributed by atoms with van der Waals surface area (Å²) in [6, 6.07) is 3.18. The van der Waals surface area contributed by atoms with Crippen LogP contribution in [0.2, 0.25) is 0 Å². The van der Waals surface area contributed by atoms with Gasteiger partial charge in [0.25, 0.3) is 0 Å². The third-order valence-electron chi connectivity index (χ3n) is 3.12. The van der Waals surface area contributed by atoms with Crippen LogP contribution in [-0.4, -0.2) is 23.5 Å². The van der Waals surface area contributed by atoms with Crippen LogP contribution in [0.5, 0.6) is 0 Å². The molecule has 1 aliphatic rings. The molecule has 0 spiro atoms. The molecule has 6 heteroatoms. The zero-order valence-electron chi connectivity index (χ0n) is 10.0. The van der Waals surface area contributed by atoms with Crippen LogP contribution in [0.3, 0.4) is 0 Å². The molecule has 4 nitrogen and oxygen atoms in total. The molecule has 1 aliphatic carbocycles. The van der Waals surface area contributed by atoms with Gasteiger partial charge in [-0.05, 0) is 36.1 Å². The van der Waals surface area contributed by atoms with Crippen molar-refractivity contribution < 1.29 is 23.5 Å². The van der Waals surface area contributed by atoms with Crippen molar-refractivity contribution in [2.45, 2.75) is 18.8 Å². The normalized spacial score (nSPS) is 20.9. The summed E-state index contributed by atoms with van der Waals surface area (Å²) in [6.45, 7) is 0.0447. The number of hydrogen-bond donors (Lipinski definition) is 2. The van der Waals surface area contributed by atoms with Gasteiger partial charge in [0.2, 0.25) is 5.91 Å². The van der Waals surface area contributed by atoms with E-state index in [2.05, 4.69) is 5.32 Å². The Morgan fingerprint density at radius 1 is 1.37 bits per heavy atom. The summed E-state index contributed by atoms with van der Waals surface area (Å²) in [5, 5.41) is 10.9. The van der Waals surface area contributed by atoms with E-state index in [-0.39, 0.29) is 30.4 Å². The fraction of sp³-hybridized carbons (Fsp3) is 0.385. The molecule has 2 rings (SSSR count). The average Bonchev–Trinajstić information content (AvgIpc) is 3.11. The lowest BCUT2D eigenvalue weighted by molar-refractivity contribution is -0.136. The van der Waals surface area contributed by atoms with Crippen molar-refractivity contribution in [3.8, 4) is 0 Å². The molecule has 1 amide bonds. The summed E-state index contributed by atoms with van der Waals surface area (Å²) < 4.78 is 26.5. The van der Waals surface area contributed by atoms with E-state index in [0.717, 1.165) is 18.2 Å². The number of carbonyl (C=O) groups excluding carboxylic acids is 1. The topological polar surface area (TPSA) is 66.4 Å². The lowest BCUT2D eigenvalue weighted by Gasteiger charge is -2.04. The maximum atomic E-state index is 13.5. The Balaban J connectivity index is 1.91. The summed E-state index contributed by atoms with van der Waals surface area (Å²) in [5.74, 6) is -3.08. The van der Waals surface area contributed by atoms with Crippen molar-refractivity contribution in [2.24, 2.45) is 5.92 Å². The summed E-state index contributed by atoms with van der Waals surface area (Å²) in [6.07, 6.45) is 0.302. The quantitative estimate of drug-likeness (QED) is 0.854. The number of carboxylic acid groups (broad SMARTS) is 1. The lowest BCUT2D eigenvalue weighted by atomic mass is 10.1. The van der Waals surface area contributed by atoms with Crippen molar-refractivity contribution in [3.63, 3.8) is 0 Å². The number of amides is 1. The maximum Gasteiger partial charge on any atom is 0.305 e. The van der Waals surface area contributed by atoms with Gasteiger partial charge < -0.3 is 10.4 Å². The first-order valence-corrected chi connectivity index (χ1v) is 5.93. The van der Waals surface area contributed by atoms with E-state index >= 15 is 0 Å². The van der Waals surface area contributed by atoms with Gasteiger partial charge in [-0.2, -0.15) is 0 Å². The molecule has 2 N–H and O–H groups in total. The number of carbonyl (C=O) groups is 2. The third-order valence-corrected chi connectivity index (χ3v) is 3.12. The molecule has 0 aliphatic heterocycles. The second kappa shape index (κ2) is 5.34. The number of nitrogens with one attached hydrogen (secondary N) is 1. The highest BCUT2D eigenvalue weighted by Crippen LogP contribution is 2.48. The van der Waals surface area contributed by atoms with E-state index in [0.29, 0.717) is 6.42 Å². The maximum absolute atomic E-state index is 13.5. The Labute approximate surface area is 108 Å². The second-order valence-electron chi connectivity index (χ2n) is 4.55. The summed E-state index contributed by atoms with van der Waals surface area (Å²) >= 11 is 0. The lowest BCUT2D eigenvalue weighted by Crippen LogP contribution is -2.27. The number of halogens is 2. The van der Waals surface area contributed by atoms with Crippen LogP contribution < -0.4 is 5.32 Å². The van der Waals surface area contributed by atoms with Gasteiger partial charge in [-0.3, -0.25) is 9.59 Å². The fourth-order valence-electron chi connectivity index (χ4n) is 2.05. The highest BCUT2D eigenvalue weighted by Gasteiger charge is 2.45. The number of carboxylic acids is 1. The molecule has 1 aromatic rings. The molecule has 1 saturated carbocycles. The molecular weight excluding hydrogens is 256 g/mol. The molecule has 0 radical (unpaired) electrons. The molecule has 0 heterocycles. The Hall–Kier alpha value is -1.98. The molecule has 1 aromatic carbocycles. The Bertz CT molecular complexity index is 519. The Kier molecular flexibility index (Phi) is 3.78. The Morgan fingerprint density at radius 2 is 2.11 bits per heavy atom. The SMILES string of the molecule is O=C(O)CCNC(=O)[C@H]1C[C@@H]1c1cc(F)ccc1F. The van der Waals surface area contributed by atoms with Gasteiger partial charge in [0, 0.05) is 12.5 Å². The van der Waals surface area contributed by atoms with Crippen LogP contribution >= 0.6 is 0 Å². The summed E-state index contributed by atoms with van der Waals surface area (Å²) in [7, 11) is 0. The number of aliphatic carboxylic acids is 1. The minimum Gasteiger partial charge on any atom is -0.481 e. The summed E-state index contributed by atoms with van der Waals surface area (Å²) in [5.41, 5.74) is 0.207. The van der Waals surface area contributed by atoms with Crippen LogP contribution in [0.15, 0.2) is 18.2 Å². The van der Waals surface area contributed by atoms with Crippen molar-refractivity contribution in [1.82, 2.24) is 5.32 Å². The minimum absolute atomic E-state index is 0.0447. The molecule has 2 atom stereocenters. The van der Waals surface area contributed by atoms with E-state index in [1.165, 1.54) is 0 Å². The predicted octanol–water partition coefficient (Wildman–Crippen LogP) is 1.66. The third kappa shape index (κ3) is 3.27. The van der Waals surface area contributed by atoms with Crippen molar-refractivity contribution in [3.05, 3.63) is 35.4 Å². The zero-order valence-corrected chi connectivity index (χ0v) is 10.0. The van der Waals surface area contributed by atoms with E-state index in [1.807, 2.05) is 0 Å². The first kappa shape index (κ1) is 13.5. The smallest absolute Gasteiger partial charge is 0.305 e. The van der Waals surface area contributed by atoms with Crippen molar-refractivity contribution in [2.75, 3.05) is 6.54 Å². The summed E-state index contributed by atoms with van der Waals surface area (Å²) in [4.78, 5) is 21.9. The zero-order chi connectivity index (χ0) is 14.0. The first-order chi connectivity index (χ1) is 8.99. The van der Waals surface area contributed by atoms with Crippen LogP contribution in [0.25, 0.3) is 0 Å². The number of rotatable bonds is 5. The van der Waals surface area contributed by atoms with Gasteiger partial charge in [0.05, 0.1) is 6.42 Å². The molecule has 0 unspecified atom stereocenters. The van der Waals surface area contributed by atoms with Gasteiger partial charge in [-0.25, -0.2) is 8.78 Å². The van der Waals surface area contributed by atoms with Crippen LogP contribution in [0.4, 0.5) is 8.78 Å². The van der Waals surface area contributed by atoms with E-state index in [4.69, 9.17) is 5.11 Å². The average molecular weight is 269 g/mol. The van der Waals surface area contributed by atoms with Crippen molar-refractivity contribution >= 4 is 11.9 Å². The molecule has 0 aromatic heterocycles. The van der Waals surface area contributed by atoms with Gasteiger partial charge in [0.1, 0.15) is 11.6 Å². The molecule has 0 bridgehead atoms. The molecule has 0 saturated heterocycles. The van der Waals surface area contributed by atoms with Gasteiger partial charge in [-0.1, -0.05) is 0 Å². The van der Waals surface area contributed by atoms with E-state index < -0.39 is 23.5 Å². The standard InChI is InChI=1S/C13H13F2NO3/c14-7-1-2-11(15)9(5-7)8-6-10(8)13(19)16-4-3-12(17)18/h1-2,5,8,10H,3-4,6H2,(H,16,19)(H,17,18)/t8-,10+/m1/s1.